The molecule has 0 saturated carbocycles. The van der Waals surface area contributed by atoms with E-state index in [0.717, 1.165) is 23.7 Å². The first-order valence-electron chi connectivity index (χ1n) is 9.36. The highest BCUT2D eigenvalue weighted by Gasteiger charge is 2.13. The SMILES string of the molecule is CN(C)C(=O)c1cc(Oc2ccc3c(c2)nc(Nc2cc(F)ccc2F)n3C)ccn1. The van der Waals surface area contributed by atoms with Gasteiger partial charge in [-0.25, -0.2) is 13.8 Å². The molecule has 9 heteroatoms. The van der Waals surface area contributed by atoms with E-state index in [-0.39, 0.29) is 17.3 Å². The molecular formula is C22H19F2N5O2. The molecule has 0 aliphatic carbocycles. The molecule has 0 aliphatic rings. The van der Waals surface area contributed by atoms with Crippen molar-refractivity contribution in [2.45, 2.75) is 0 Å². The van der Waals surface area contributed by atoms with Gasteiger partial charge in [0.2, 0.25) is 5.95 Å². The summed E-state index contributed by atoms with van der Waals surface area (Å²) in [6, 6.07) is 11.7. The fourth-order valence-electron chi connectivity index (χ4n) is 3.03. The number of fused-ring (bicyclic) bond motifs is 1. The van der Waals surface area contributed by atoms with Gasteiger partial charge in [-0.3, -0.25) is 9.78 Å². The van der Waals surface area contributed by atoms with E-state index in [1.165, 1.54) is 11.1 Å². The molecule has 0 bridgehead atoms. The highest BCUT2D eigenvalue weighted by atomic mass is 19.1. The Morgan fingerprint density at radius 2 is 1.84 bits per heavy atom. The Hall–Kier alpha value is -4.01. The van der Waals surface area contributed by atoms with Crippen molar-refractivity contribution in [3.63, 3.8) is 0 Å². The smallest absolute Gasteiger partial charge is 0.272 e. The minimum absolute atomic E-state index is 0.00949. The Bertz CT molecular complexity index is 1290. The van der Waals surface area contributed by atoms with Crippen molar-refractivity contribution in [1.82, 2.24) is 19.4 Å². The third-order valence-electron chi connectivity index (χ3n) is 4.62. The van der Waals surface area contributed by atoms with Gasteiger partial charge in [0.05, 0.1) is 16.7 Å². The van der Waals surface area contributed by atoms with Gasteiger partial charge in [-0.05, 0) is 30.3 Å². The molecule has 2 aromatic carbocycles. The lowest BCUT2D eigenvalue weighted by molar-refractivity contribution is 0.0821. The maximum atomic E-state index is 14.0. The van der Waals surface area contributed by atoms with E-state index in [9.17, 15) is 13.6 Å². The van der Waals surface area contributed by atoms with Crippen molar-refractivity contribution in [3.05, 3.63) is 72.1 Å². The second-order valence-corrected chi connectivity index (χ2v) is 7.07. The molecule has 4 aromatic rings. The zero-order valence-corrected chi connectivity index (χ0v) is 17.1. The van der Waals surface area contributed by atoms with Crippen LogP contribution in [0.5, 0.6) is 11.5 Å². The molecule has 2 aromatic heterocycles. The lowest BCUT2D eigenvalue weighted by Gasteiger charge is -2.11. The summed E-state index contributed by atoms with van der Waals surface area (Å²) in [5.74, 6) is -0.0642. The lowest BCUT2D eigenvalue weighted by atomic mass is 10.3. The van der Waals surface area contributed by atoms with Crippen molar-refractivity contribution in [2.75, 3.05) is 19.4 Å². The molecule has 0 radical (unpaired) electrons. The Morgan fingerprint density at radius 3 is 2.61 bits per heavy atom. The van der Waals surface area contributed by atoms with E-state index < -0.39 is 11.6 Å². The molecule has 0 saturated heterocycles. The van der Waals surface area contributed by atoms with Crippen LogP contribution in [0.4, 0.5) is 20.4 Å². The average molecular weight is 423 g/mol. The van der Waals surface area contributed by atoms with Crippen LogP contribution in [0.1, 0.15) is 10.5 Å². The average Bonchev–Trinajstić information content (AvgIpc) is 3.05. The van der Waals surface area contributed by atoms with Crippen LogP contribution in [-0.2, 0) is 7.05 Å². The van der Waals surface area contributed by atoms with E-state index >= 15 is 0 Å². The van der Waals surface area contributed by atoms with Gasteiger partial charge in [0, 0.05) is 45.5 Å². The van der Waals surface area contributed by atoms with Gasteiger partial charge in [0.1, 0.15) is 28.8 Å². The van der Waals surface area contributed by atoms with Crippen LogP contribution in [0, 0.1) is 11.6 Å². The highest BCUT2D eigenvalue weighted by Crippen LogP contribution is 2.29. The summed E-state index contributed by atoms with van der Waals surface area (Å²) in [4.78, 5) is 22.1. The van der Waals surface area contributed by atoms with Crippen LogP contribution < -0.4 is 10.1 Å². The number of anilines is 2. The van der Waals surface area contributed by atoms with Crippen molar-refractivity contribution in [1.29, 1.82) is 0 Å². The largest absolute Gasteiger partial charge is 0.457 e. The number of halogens is 2. The first-order valence-corrected chi connectivity index (χ1v) is 9.36. The van der Waals surface area contributed by atoms with Gasteiger partial charge in [0.15, 0.2) is 0 Å². The predicted octanol–water partition coefficient (Wildman–Crippen LogP) is 4.48. The molecule has 1 amide bonds. The number of hydrogen-bond donors (Lipinski definition) is 1. The second-order valence-electron chi connectivity index (χ2n) is 7.07. The van der Waals surface area contributed by atoms with Crippen LogP contribution in [0.25, 0.3) is 11.0 Å². The number of pyridine rings is 1. The minimum atomic E-state index is -0.585. The van der Waals surface area contributed by atoms with Crippen molar-refractivity contribution in [3.8, 4) is 11.5 Å². The molecule has 0 unspecified atom stereocenters. The topological polar surface area (TPSA) is 72.3 Å². The second kappa shape index (κ2) is 8.02. The first kappa shape index (κ1) is 20.3. The lowest BCUT2D eigenvalue weighted by Crippen LogP contribution is -2.22. The van der Waals surface area contributed by atoms with Crippen LogP contribution >= 0.6 is 0 Å². The maximum Gasteiger partial charge on any atom is 0.272 e. The number of benzene rings is 2. The van der Waals surface area contributed by atoms with E-state index in [1.54, 1.807) is 56.0 Å². The molecule has 0 aliphatic heterocycles. The number of carbonyl (C=O) groups is 1. The maximum absolute atomic E-state index is 14.0. The quantitative estimate of drug-likeness (QED) is 0.512. The molecule has 1 N–H and O–H groups in total. The van der Waals surface area contributed by atoms with E-state index in [2.05, 4.69) is 15.3 Å². The zero-order valence-electron chi connectivity index (χ0n) is 17.1. The van der Waals surface area contributed by atoms with Gasteiger partial charge in [0.25, 0.3) is 5.91 Å². The van der Waals surface area contributed by atoms with Crippen molar-refractivity contribution < 1.29 is 18.3 Å². The van der Waals surface area contributed by atoms with Crippen LogP contribution in [-0.4, -0.2) is 39.4 Å². The third kappa shape index (κ3) is 4.16. The number of rotatable bonds is 5. The first-order chi connectivity index (χ1) is 14.8. The predicted molar refractivity (Wildman–Crippen MR) is 113 cm³/mol. The normalized spacial score (nSPS) is 10.9. The van der Waals surface area contributed by atoms with Gasteiger partial charge in [-0.15, -0.1) is 0 Å². The van der Waals surface area contributed by atoms with Crippen LogP contribution in [0.2, 0.25) is 0 Å². The molecule has 4 rings (SSSR count). The Morgan fingerprint density at radius 1 is 1.06 bits per heavy atom. The number of aryl methyl sites for hydroxylation is 1. The number of nitrogens with zero attached hydrogens (tertiary/aromatic N) is 4. The number of ether oxygens (including phenoxy) is 1. The summed E-state index contributed by atoms with van der Waals surface area (Å²) in [7, 11) is 5.05. The molecule has 158 valence electrons. The Labute approximate surface area is 176 Å². The van der Waals surface area contributed by atoms with Crippen molar-refractivity contribution in [2.24, 2.45) is 7.05 Å². The Kier molecular flexibility index (Phi) is 5.24. The third-order valence-corrected chi connectivity index (χ3v) is 4.62. The number of nitrogens with one attached hydrogen (secondary N) is 1. The molecule has 31 heavy (non-hydrogen) atoms. The summed E-state index contributed by atoms with van der Waals surface area (Å²) in [6.45, 7) is 0. The van der Waals surface area contributed by atoms with Gasteiger partial charge < -0.3 is 19.5 Å². The number of carbonyl (C=O) groups excluding carboxylic acids is 1. The van der Waals surface area contributed by atoms with E-state index in [4.69, 9.17) is 4.74 Å². The summed E-state index contributed by atoms with van der Waals surface area (Å²) >= 11 is 0. The Balaban J connectivity index is 1.61. The van der Waals surface area contributed by atoms with Gasteiger partial charge >= 0.3 is 0 Å². The number of hydrogen-bond acceptors (Lipinski definition) is 5. The fourth-order valence-corrected chi connectivity index (χ4v) is 3.03. The van der Waals surface area contributed by atoms with Gasteiger partial charge in [-0.1, -0.05) is 0 Å². The summed E-state index contributed by atoms with van der Waals surface area (Å²) < 4.78 is 35.0. The summed E-state index contributed by atoms with van der Waals surface area (Å²) in [5, 5.41) is 2.82. The molecule has 7 nitrogen and oxygen atoms in total. The number of amides is 1. The molecule has 2 heterocycles. The minimum Gasteiger partial charge on any atom is -0.457 e. The van der Waals surface area contributed by atoms with E-state index in [0.29, 0.717) is 23.0 Å². The summed E-state index contributed by atoms with van der Waals surface area (Å²) in [5.41, 5.74) is 1.62. The molecule has 0 atom stereocenters. The highest BCUT2D eigenvalue weighted by molar-refractivity contribution is 5.92. The monoisotopic (exact) mass is 423 g/mol. The standard InChI is InChI=1S/C22H19F2N5O2/c1-28(2)21(30)19-12-15(8-9-25-19)31-14-5-7-20-18(11-14)27-22(29(20)3)26-17-10-13(23)4-6-16(17)24/h4-12H,1-3H3,(H,26,27). The molecular weight excluding hydrogens is 404 g/mol. The summed E-state index contributed by atoms with van der Waals surface area (Å²) in [6.07, 6.45) is 1.50. The number of imidazole rings is 1. The number of aromatic nitrogens is 3. The van der Waals surface area contributed by atoms with E-state index in [1.807, 2.05) is 0 Å². The zero-order chi connectivity index (χ0) is 22.1. The molecule has 0 spiro atoms. The van der Waals surface area contributed by atoms with Crippen LogP contribution in [0.15, 0.2) is 54.7 Å². The van der Waals surface area contributed by atoms with Crippen LogP contribution in [0.3, 0.4) is 0 Å². The van der Waals surface area contributed by atoms with Gasteiger partial charge in [-0.2, -0.15) is 0 Å². The molecule has 0 fully saturated rings. The fraction of sp³-hybridized carbons (Fsp3) is 0.136. The van der Waals surface area contributed by atoms with Crippen molar-refractivity contribution >= 4 is 28.6 Å².